The molecule has 1 aromatic heterocycles. The van der Waals surface area contributed by atoms with Crippen LogP contribution in [0.3, 0.4) is 0 Å². The second-order valence-electron chi connectivity index (χ2n) is 5.49. The summed E-state index contributed by atoms with van der Waals surface area (Å²) in [6.07, 6.45) is 2.25. The van der Waals surface area contributed by atoms with Gasteiger partial charge in [0.15, 0.2) is 0 Å². The Balaban J connectivity index is 2.03. The average Bonchev–Trinajstić information content (AvgIpc) is 2.77. The molecule has 0 radical (unpaired) electrons. The topological polar surface area (TPSA) is 64.1 Å². The third-order valence-corrected chi connectivity index (χ3v) is 3.73. The van der Waals surface area contributed by atoms with Crippen molar-refractivity contribution in [3.8, 4) is 0 Å². The van der Waals surface area contributed by atoms with Crippen molar-refractivity contribution in [1.82, 2.24) is 15.5 Å². The van der Waals surface area contributed by atoms with E-state index in [0.29, 0.717) is 10.9 Å². The summed E-state index contributed by atoms with van der Waals surface area (Å²) in [5.74, 6) is 0.00227. The number of ether oxygens (including phenoxy) is 1. The molecule has 1 fully saturated rings. The van der Waals surface area contributed by atoms with Crippen molar-refractivity contribution in [1.29, 1.82) is 0 Å². The molecule has 0 saturated carbocycles. The minimum absolute atomic E-state index is 0.352. The van der Waals surface area contributed by atoms with E-state index in [4.69, 9.17) is 4.74 Å². The van der Waals surface area contributed by atoms with E-state index in [-0.39, 0.29) is 5.97 Å². The zero-order chi connectivity index (χ0) is 13.2. The lowest BCUT2D eigenvalue weighted by atomic mass is 10.0. The molecule has 2 heterocycles. The van der Waals surface area contributed by atoms with Crippen LogP contribution in [-0.2, 0) is 4.74 Å². The van der Waals surface area contributed by atoms with Gasteiger partial charge in [-0.25, -0.2) is 4.79 Å². The number of carbonyl (C=O) groups excluding carboxylic acids is 1. The lowest BCUT2D eigenvalue weighted by Crippen LogP contribution is -2.28. The van der Waals surface area contributed by atoms with E-state index < -0.39 is 5.60 Å². The van der Waals surface area contributed by atoms with Crippen molar-refractivity contribution in [2.75, 3.05) is 13.1 Å². The number of aromatic nitrogens is 2. The standard InChI is InChI=1S/C12H19N3O2S/c1-12(2,3)17-11(16)10-15-14-9(18-10)8-5-4-6-13-7-8/h8,13H,4-7H2,1-3H3. The molecule has 0 amide bonds. The van der Waals surface area contributed by atoms with Crippen LogP contribution in [0.2, 0.25) is 0 Å². The van der Waals surface area contributed by atoms with Crippen LogP contribution >= 0.6 is 11.3 Å². The molecule has 0 aliphatic carbocycles. The summed E-state index contributed by atoms with van der Waals surface area (Å²) in [6.45, 7) is 7.52. The molecule has 6 heteroatoms. The van der Waals surface area contributed by atoms with Gasteiger partial charge < -0.3 is 10.1 Å². The Hall–Kier alpha value is -1.01. The molecule has 1 aromatic rings. The summed E-state index contributed by atoms with van der Waals surface area (Å²) in [5.41, 5.74) is -0.491. The van der Waals surface area contributed by atoms with E-state index in [9.17, 15) is 4.79 Å². The van der Waals surface area contributed by atoms with Gasteiger partial charge in [-0.05, 0) is 40.2 Å². The Bertz CT molecular complexity index is 419. The van der Waals surface area contributed by atoms with Gasteiger partial charge in [0.1, 0.15) is 10.6 Å². The van der Waals surface area contributed by atoms with Crippen molar-refractivity contribution in [3.05, 3.63) is 10.0 Å². The molecule has 1 unspecified atom stereocenters. The van der Waals surface area contributed by atoms with Crippen LogP contribution in [-0.4, -0.2) is 34.9 Å². The van der Waals surface area contributed by atoms with Gasteiger partial charge in [-0.1, -0.05) is 11.3 Å². The van der Waals surface area contributed by atoms with Gasteiger partial charge in [0.05, 0.1) is 0 Å². The highest BCUT2D eigenvalue weighted by Gasteiger charge is 2.24. The first kappa shape index (κ1) is 13.4. The Morgan fingerprint density at radius 2 is 2.22 bits per heavy atom. The molecule has 0 bridgehead atoms. The van der Waals surface area contributed by atoms with Gasteiger partial charge in [-0.3, -0.25) is 0 Å². The van der Waals surface area contributed by atoms with Crippen molar-refractivity contribution in [2.45, 2.75) is 45.1 Å². The maximum Gasteiger partial charge on any atom is 0.369 e. The molecule has 100 valence electrons. The van der Waals surface area contributed by atoms with E-state index in [1.807, 2.05) is 20.8 Å². The molecule has 1 saturated heterocycles. The lowest BCUT2D eigenvalue weighted by Gasteiger charge is -2.20. The van der Waals surface area contributed by atoms with Crippen molar-refractivity contribution < 1.29 is 9.53 Å². The first-order valence-corrected chi connectivity index (χ1v) is 7.05. The van der Waals surface area contributed by atoms with Crippen LogP contribution in [0.5, 0.6) is 0 Å². The van der Waals surface area contributed by atoms with Crippen molar-refractivity contribution in [2.24, 2.45) is 0 Å². The molecule has 5 nitrogen and oxygen atoms in total. The molecular formula is C12H19N3O2S. The molecule has 2 rings (SSSR count). The van der Waals surface area contributed by atoms with E-state index in [1.165, 1.54) is 11.3 Å². The predicted molar refractivity (Wildman–Crippen MR) is 69.9 cm³/mol. The average molecular weight is 269 g/mol. The highest BCUT2D eigenvalue weighted by atomic mass is 32.1. The number of esters is 1. The largest absolute Gasteiger partial charge is 0.455 e. The second kappa shape index (κ2) is 5.32. The zero-order valence-electron chi connectivity index (χ0n) is 11.0. The molecule has 1 N–H and O–H groups in total. The number of carbonyl (C=O) groups is 1. The highest BCUT2D eigenvalue weighted by molar-refractivity contribution is 7.13. The second-order valence-corrected chi connectivity index (χ2v) is 6.50. The quantitative estimate of drug-likeness (QED) is 0.831. The molecule has 0 aromatic carbocycles. The van der Waals surface area contributed by atoms with E-state index >= 15 is 0 Å². The molecule has 1 aliphatic rings. The minimum atomic E-state index is -0.491. The minimum Gasteiger partial charge on any atom is -0.455 e. The summed E-state index contributed by atoms with van der Waals surface area (Å²) in [6, 6.07) is 0. The molecule has 0 spiro atoms. The molecule has 1 atom stereocenters. The lowest BCUT2D eigenvalue weighted by molar-refractivity contribution is 0.00683. The zero-order valence-corrected chi connectivity index (χ0v) is 11.8. The van der Waals surface area contributed by atoms with Crippen LogP contribution in [0.25, 0.3) is 0 Å². The summed E-state index contributed by atoms with van der Waals surface area (Å²) in [5, 5.41) is 12.7. The summed E-state index contributed by atoms with van der Waals surface area (Å²) in [7, 11) is 0. The van der Waals surface area contributed by atoms with Crippen LogP contribution in [0.1, 0.15) is 54.3 Å². The van der Waals surface area contributed by atoms with Gasteiger partial charge in [0, 0.05) is 12.5 Å². The van der Waals surface area contributed by atoms with Gasteiger partial charge in [0.25, 0.3) is 0 Å². The fraction of sp³-hybridized carbons (Fsp3) is 0.750. The highest BCUT2D eigenvalue weighted by Crippen LogP contribution is 2.26. The van der Waals surface area contributed by atoms with Gasteiger partial charge in [-0.15, -0.1) is 10.2 Å². The maximum absolute atomic E-state index is 11.8. The summed E-state index contributed by atoms with van der Waals surface area (Å²) in [4.78, 5) is 11.8. The van der Waals surface area contributed by atoms with E-state index in [0.717, 1.165) is 30.9 Å². The van der Waals surface area contributed by atoms with Crippen molar-refractivity contribution in [3.63, 3.8) is 0 Å². The van der Waals surface area contributed by atoms with Crippen LogP contribution in [0.15, 0.2) is 0 Å². The number of hydrogen-bond donors (Lipinski definition) is 1. The number of nitrogens with zero attached hydrogens (tertiary/aromatic N) is 2. The van der Waals surface area contributed by atoms with Crippen LogP contribution < -0.4 is 5.32 Å². The first-order valence-electron chi connectivity index (χ1n) is 6.23. The molecule has 18 heavy (non-hydrogen) atoms. The Kier molecular flexibility index (Phi) is 3.97. The molecule has 1 aliphatic heterocycles. The Morgan fingerprint density at radius 3 is 2.83 bits per heavy atom. The van der Waals surface area contributed by atoms with Gasteiger partial charge in [-0.2, -0.15) is 0 Å². The summed E-state index contributed by atoms with van der Waals surface area (Å²) < 4.78 is 5.28. The Morgan fingerprint density at radius 1 is 1.44 bits per heavy atom. The predicted octanol–water partition coefficient (Wildman–Crippen LogP) is 1.96. The van der Waals surface area contributed by atoms with Crippen molar-refractivity contribution >= 4 is 17.3 Å². The molecular weight excluding hydrogens is 250 g/mol. The number of piperidine rings is 1. The van der Waals surface area contributed by atoms with E-state index in [1.54, 1.807) is 0 Å². The fourth-order valence-electron chi connectivity index (χ4n) is 1.87. The third-order valence-electron chi connectivity index (χ3n) is 2.66. The normalized spacial score (nSPS) is 20.7. The van der Waals surface area contributed by atoms with Crippen LogP contribution in [0.4, 0.5) is 0 Å². The van der Waals surface area contributed by atoms with Crippen LogP contribution in [0, 0.1) is 0 Å². The first-order chi connectivity index (χ1) is 8.46. The fourth-order valence-corrected chi connectivity index (χ4v) is 2.72. The Labute approximate surface area is 111 Å². The monoisotopic (exact) mass is 269 g/mol. The van der Waals surface area contributed by atoms with E-state index in [2.05, 4.69) is 15.5 Å². The maximum atomic E-state index is 11.8. The number of hydrogen-bond acceptors (Lipinski definition) is 6. The smallest absolute Gasteiger partial charge is 0.369 e. The third kappa shape index (κ3) is 3.49. The SMILES string of the molecule is CC(C)(C)OC(=O)c1nnc(C2CCCNC2)s1. The number of rotatable bonds is 2. The van der Waals surface area contributed by atoms with Gasteiger partial charge >= 0.3 is 5.97 Å². The number of nitrogens with one attached hydrogen (secondary N) is 1. The summed E-state index contributed by atoms with van der Waals surface area (Å²) >= 11 is 1.35. The van der Waals surface area contributed by atoms with Gasteiger partial charge in [0.2, 0.25) is 5.01 Å².